The lowest BCUT2D eigenvalue weighted by atomic mass is 10.2. The first kappa shape index (κ1) is 14.7. The fourth-order valence-corrected chi connectivity index (χ4v) is 3.14. The second-order valence-corrected chi connectivity index (χ2v) is 6.30. The predicted octanol–water partition coefficient (Wildman–Crippen LogP) is 1.67. The molecule has 3 N–H and O–H groups in total. The molecule has 108 valence electrons. The maximum atomic E-state index is 12.6. The zero-order valence-electron chi connectivity index (χ0n) is 11.2. The third-order valence-corrected chi connectivity index (χ3v) is 4.80. The highest BCUT2D eigenvalue weighted by Crippen LogP contribution is 2.27. The van der Waals surface area contributed by atoms with Crippen molar-refractivity contribution in [2.75, 3.05) is 17.1 Å². The summed E-state index contributed by atoms with van der Waals surface area (Å²) >= 11 is 0. The third-order valence-electron chi connectivity index (χ3n) is 2.96. The van der Waals surface area contributed by atoms with E-state index in [0.717, 1.165) is 4.31 Å². The molecule has 0 saturated carbocycles. The molecular formula is C14H13N3O3S. The summed E-state index contributed by atoms with van der Waals surface area (Å²) in [6, 6.07) is 11.7. The van der Waals surface area contributed by atoms with Crippen LogP contribution in [0.25, 0.3) is 0 Å². The number of rotatable bonds is 3. The maximum Gasteiger partial charge on any atom is 0.265 e. The lowest BCUT2D eigenvalue weighted by Crippen LogP contribution is -2.27. The topological polar surface area (TPSA) is 107 Å². The van der Waals surface area contributed by atoms with Crippen LogP contribution in [-0.4, -0.2) is 20.6 Å². The van der Waals surface area contributed by atoms with Gasteiger partial charge in [-0.25, -0.2) is 8.42 Å². The number of aromatic hydroxyl groups is 1. The van der Waals surface area contributed by atoms with Crippen LogP contribution in [0.2, 0.25) is 0 Å². The van der Waals surface area contributed by atoms with Crippen LogP contribution in [0.4, 0.5) is 11.4 Å². The Kier molecular flexibility index (Phi) is 3.74. The molecule has 2 aromatic rings. The van der Waals surface area contributed by atoms with Crippen LogP contribution in [0, 0.1) is 11.3 Å². The van der Waals surface area contributed by atoms with Crippen molar-refractivity contribution < 1.29 is 13.5 Å². The fourth-order valence-electron chi connectivity index (χ4n) is 1.84. The van der Waals surface area contributed by atoms with E-state index in [1.807, 2.05) is 6.07 Å². The van der Waals surface area contributed by atoms with Gasteiger partial charge < -0.3 is 10.8 Å². The third kappa shape index (κ3) is 2.75. The van der Waals surface area contributed by atoms with Gasteiger partial charge in [0.15, 0.2) is 0 Å². The molecule has 2 aromatic carbocycles. The highest BCUT2D eigenvalue weighted by molar-refractivity contribution is 7.92. The molecule has 6 nitrogen and oxygen atoms in total. The molecule has 0 heterocycles. The van der Waals surface area contributed by atoms with Gasteiger partial charge in [-0.15, -0.1) is 0 Å². The van der Waals surface area contributed by atoms with E-state index >= 15 is 0 Å². The summed E-state index contributed by atoms with van der Waals surface area (Å²) in [5.74, 6) is -0.0487. The number of anilines is 2. The van der Waals surface area contributed by atoms with Gasteiger partial charge in [-0.2, -0.15) is 5.26 Å². The van der Waals surface area contributed by atoms with Crippen molar-refractivity contribution in [3.63, 3.8) is 0 Å². The summed E-state index contributed by atoms with van der Waals surface area (Å²) in [6.07, 6.45) is 0. The summed E-state index contributed by atoms with van der Waals surface area (Å²) in [7, 11) is -2.58. The van der Waals surface area contributed by atoms with Crippen LogP contribution in [0.15, 0.2) is 47.4 Å². The normalized spacial score (nSPS) is 10.9. The molecule has 0 aliphatic heterocycles. The minimum absolute atomic E-state index is 0.0259. The molecule has 7 heteroatoms. The van der Waals surface area contributed by atoms with Crippen molar-refractivity contribution in [2.45, 2.75) is 4.90 Å². The number of nitrogens with zero attached hydrogens (tertiary/aromatic N) is 2. The highest BCUT2D eigenvalue weighted by Gasteiger charge is 2.24. The smallest absolute Gasteiger partial charge is 0.265 e. The van der Waals surface area contributed by atoms with Gasteiger partial charge in [0, 0.05) is 18.8 Å². The zero-order chi connectivity index (χ0) is 15.6. The van der Waals surface area contributed by atoms with E-state index in [1.165, 1.54) is 43.4 Å². The Hall–Kier alpha value is -2.72. The van der Waals surface area contributed by atoms with Gasteiger partial charge >= 0.3 is 0 Å². The molecule has 0 saturated heterocycles. The van der Waals surface area contributed by atoms with E-state index in [-0.39, 0.29) is 21.9 Å². The summed E-state index contributed by atoms with van der Waals surface area (Å²) in [5.41, 5.74) is 6.13. The maximum absolute atomic E-state index is 12.6. The van der Waals surface area contributed by atoms with Crippen molar-refractivity contribution in [1.29, 1.82) is 5.26 Å². The lowest BCUT2D eigenvalue weighted by molar-refractivity contribution is 0.475. The fraction of sp³-hybridized carbons (Fsp3) is 0.0714. The highest BCUT2D eigenvalue weighted by atomic mass is 32.2. The van der Waals surface area contributed by atoms with Crippen LogP contribution in [0.5, 0.6) is 5.75 Å². The van der Waals surface area contributed by atoms with Crippen molar-refractivity contribution in [1.82, 2.24) is 0 Å². The standard InChI is InChI=1S/C14H13N3O3S/c1-17(12-3-2-4-13(18)8-12)21(19,20)14-6-5-11(16)7-10(14)9-15/h2-8,18H,16H2,1H3. The Morgan fingerprint density at radius 2 is 1.95 bits per heavy atom. The van der Waals surface area contributed by atoms with E-state index in [2.05, 4.69) is 0 Å². The van der Waals surface area contributed by atoms with Crippen LogP contribution in [0.1, 0.15) is 5.56 Å². The van der Waals surface area contributed by atoms with Crippen molar-refractivity contribution in [3.8, 4) is 11.8 Å². The number of phenolic OH excluding ortho intramolecular Hbond substituents is 1. The number of phenols is 1. The van der Waals surface area contributed by atoms with E-state index in [1.54, 1.807) is 6.07 Å². The molecule has 0 fully saturated rings. The van der Waals surface area contributed by atoms with E-state index in [9.17, 15) is 13.5 Å². The SMILES string of the molecule is CN(c1cccc(O)c1)S(=O)(=O)c1ccc(N)cc1C#N. The average Bonchev–Trinajstić information content (AvgIpc) is 2.45. The van der Waals surface area contributed by atoms with Gasteiger partial charge in [-0.05, 0) is 30.3 Å². The molecule has 0 radical (unpaired) electrons. The van der Waals surface area contributed by atoms with Gasteiger partial charge in [0.2, 0.25) is 0 Å². The molecule has 0 atom stereocenters. The van der Waals surface area contributed by atoms with Crippen LogP contribution >= 0.6 is 0 Å². The number of sulfonamides is 1. The molecule has 0 aliphatic carbocycles. The first-order valence-corrected chi connectivity index (χ1v) is 7.38. The predicted molar refractivity (Wildman–Crippen MR) is 79.3 cm³/mol. The van der Waals surface area contributed by atoms with Crippen LogP contribution in [-0.2, 0) is 10.0 Å². The first-order chi connectivity index (χ1) is 9.86. The largest absolute Gasteiger partial charge is 0.508 e. The monoisotopic (exact) mass is 303 g/mol. The number of nitriles is 1. The first-order valence-electron chi connectivity index (χ1n) is 5.94. The quantitative estimate of drug-likeness (QED) is 0.839. The molecule has 0 amide bonds. The van der Waals surface area contributed by atoms with Crippen molar-refractivity contribution in [2.24, 2.45) is 0 Å². The second-order valence-electron chi connectivity index (χ2n) is 4.36. The van der Waals surface area contributed by atoms with Gasteiger partial charge in [0.1, 0.15) is 16.7 Å². The van der Waals surface area contributed by atoms with Gasteiger partial charge in [0.25, 0.3) is 10.0 Å². The molecule has 21 heavy (non-hydrogen) atoms. The summed E-state index contributed by atoms with van der Waals surface area (Å²) in [4.78, 5) is -0.134. The second kappa shape index (κ2) is 5.34. The Labute approximate surface area is 122 Å². The molecule has 0 aliphatic rings. The van der Waals surface area contributed by atoms with E-state index in [4.69, 9.17) is 11.0 Å². The van der Waals surface area contributed by atoms with Crippen LogP contribution < -0.4 is 10.0 Å². The number of nitrogens with two attached hydrogens (primary N) is 1. The molecule has 0 bridgehead atoms. The minimum atomic E-state index is -3.92. The van der Waals surface area contributed by atoms with Crippen LogP contribution in [0.3, 0.4) is 0 Å². The summed E-state index contributed by atoms with van der Waals surface area (Å²) < 4.78 is 26.2. The molecule has 0 unspecified atom stereocenters. The molecule has 0 spiro atoms. The number of benzene rings is 2. The molecule has 0 aromatic heterocycles. The van der Waals surface area contributed by atoms with Gasteiger partial charge in [-0.1, -0.05) is 6.07 Å². The number of hydrogen-bond acceptors (Lipinski definition) is 5. The van der Waals surface area contributed by atoms with Gasteiger partial charge in [-0.3, -0.25) is 4.31 Å². The zero-order valence-corrected chi connectivity index (χ0v) is 12.0. The molecular weight excluding hydrogens is 290 g/mol. The van der Waals surface area contributed by atoms with Crippen molar-refractivity contribution in [3.05, 3.63) is 48.0 Å². The Bertz CT molecular complexity index is 826. The Morgan fingerprint density at radius 1 is 1.24 bits per heavy atom. The van der Waals surface area contributed by atoms with Crippen molar-refractivity contribution >= 4 is 21.4 Å². The summed E-state index contributed by atoms with van der Waals surface area (Å²) in [6.45, 7) is 0. The van der Waals surface area contributed by atoms with E-state index < -0.39 is 10.0 Å². The number of hydrogen-bond donors (Lipinski definition) is 2. The Morgan fingerprint density at radius 3 is 2.57 bits per heavy atom. The van der Waals surface area contributed by atoms with E-state index in [0.29, 0.717) is 5.69 Å². The van der Waals surface area contributed by atoms with Gasteiger partial charge in [0.05, 0.1) is 11.3 Å². The summed E-state index contributed by atoms with van der Waals surface area (Å²) in [5, 5.41) is 18.5. The average molecular weight is 303 g/mol. The number of nitrogen functional groups attached to an aromatic ring is 1. The molecule has 2 rings (SSSR count). The lowest BCUT2D eigenvalue weighted by Gasteiger charge is -2.20. The Balaban J connectivity index is 2.55. The minimum Gasteiger partial charge on any atom is -0.508 e.